The number of fused-ring (bicyclic) bond motifs is 1. The standard InChI is InChI=1S/C26H32N2O4/c1-25(2,3)19-11-17(12-20(23(19)32)26(4,5)6)21(29)14-28-13-16-8-7-15(10-22(30)31)9-18(16)24(28)27/h7-9,11-12,27,32H,10,13-14H2,1-6H3,(H,30,31). The fourth-order valence-electron chi connectivity index (χ4n) is 4.06. The number of nitrogens with zero attached hydrogens (tertiary/aromatic N) is 1. The molecule has 0 radical (unpaired) electrons. The summed E-state index contributed by atoms with van der Waals surface area (Å²) in [4.78, 5) is 26.0. The third kappa shape index (κ3) is 4.69. The van der Waals surface area contributed by atoms with Gasteiger partial charge in [0.15, 0.2) is 5.78 Å². The second-order valence-corrected chi connectivity index (χ2v) is 10.6. The zero-order chi connectivity index (χ0) is 24.0. The average molecular weight is 437 g/mol. The van der Waals surface area contributed by atoms with Crippen molar-refractivity contribution in [2.75, 3.05) is 6.54 Å². The Morgan fingerprint density at radius 2 is 1.56 bits per heavy atom. The first-order chi connectivity index (χ1) is 14.7. The molecule has 0 fully saturated rings. The highest BCUT2D eigenvalue weighted by Crippen LogP contribution is 2.40. The Labute approximate surface area is 189 Å². The van der Waals surface area contributed by atoms with E-state index in [2.05, 4.69) is 0 Å². The largest absolute Gasteiger partial charge is 0.507 e. The molecule has 0 saturated carbocycles. The van der Waals surface area contributed by atoms with Crippen LogP contribution >= 0.6 is 0 Å². The van der Waals surface area contributed by atoms with Gasteiger partial charge in [-0.25, -0.2) is 0 Å². The zero-order valence-corrected chi connectivity index (χ0v) is 19.7. The number of amidine groups is 1. The van der Waals surface area contributed by atoms with E-state index in [1.807, 2.05) is 47.6 Å². The molecule has 3 rings (SSSR count). The fourth-order valence-corrected chi connectivity index (χ4v) is 4.06. The Morgan fingerprint density at radius 1 is 1.00 bits per heavy atom. The number of carbonyl (C=O) groups excluding carboxylic acids is 1. The summed E-state index contributed by atoms with van der Waals surface area (Å²) in [6.07, 6.45) is -0.0990. The highest BCUT2D eigenvalue weighted by molar-refractivity contribution is 6.05. The fraction of sp³-hybridized carbons (Fsp3) is 0.423. The molecule has 0 saturated heterocycles. The van der Waals surface area contributed by atoms with E-state index in [1.165, 1.54) is 0 Å². The highest BCUT2D eigenvalue weighted by atomic mass is 16.4. The number of nitrogens with one attached hydrogen (secondary N) is 1. The van der Waals surface area contributed by atoms with Crippen molar-refractivity contribution in [3.05, 3.63) is 63.7 Å². The second-order valence-electron chi connectivity index (χ2n) is 10.6. The summed E-state index contributed by atoms with van der Waals surface area (Å²) < 4.78 is 0. The molecule has 0 unspecified atom stereocenters. The van der Waals surface area contributed by atoms with Gasteiger partial charge in [-0.05, 0) is 40.2 Å². The van der Waals surface area contributed by atoms with Crippen LogP contribution in [0.25, 0.3) is 0 Å². The molecule has 0 aliphatic carbocycles. The normalized spacial score (nSPS) is 13.9. The molecule has 0 aromatic heterocycles. The molecule has 1 heterocycles. The van der Waals surface area contributed by atoms with Gasteiger partial charge in [0.1, 0.15) is 11.6 Å². The van der Waals surface area contributed by atoms with Gasteiger partial charge in [-0.1, -0.05) is 53.7 Å². The summed E-state index contributed by atoms with van der Waals surface area (Å²) >= 11 is 0. The van der Waals surface area contributed by atoms with Crippen molar-refractivity contribution in [2.45, 2.75) is 65.3 Å². The minimum atomic E-state index is -0.918. The summed E-state index contributed by atoms with van der Waals surface area (Å²) in [5, 5.41) is 28.5. The third-order valence-electron chi connectivity index (χ3n) is 5.84. The monoisotopic (exact) mass is 436 g/mol. The number of phenols is 1. The van der Waals surface area contributed by atoms with Crippen LogP contribution in [0.2, 0.25) is 0 Å². The smallest absolute Gasteiger partial charge is 0.307 e. The number of carbonyl (C=O) groups is 2. The van der Waals surface area contributed by atoms with Gasteiger partial charge >= 0.3 is 5.97 Å². The van der Waals surface area contributed by atoms with Gasteiger partial charge in [0, 0.05) is 28.8 Å². The Kier molecular flexibility index (Phi) is 5.94. The molecule has 0 atom stereocenters. The van der Waals surface area contributed by atoms with Crippen LogP contribution in [0.3, 0.4) is 0 Å². The number of rotatable bonds is 5. The predicted octanol–water partition coefficient (Wildman–Crippen LogP) is 4.64. The number of hydrogen-bond acceptors (Lipinski definition) is 4. The van der Waals surface area contributed by atoms with Gasteiger partial charge in [-0.15, -0.1) is 0 Å². The van der Waals surface area contributed by atoms with Gasteiger partial charge < -0.3 is 15.1 Å². The zero-order valence-electron chi connectivity index (χ0n) is 19.7. The number of phenolic OH excluding ortho intramolecular Hbond substituents is 1. The number of benzene rings is 2. The van der Waals surface area contributed by atoms with E-state index < -0.39 is 5.97 Å². The molecule has 0 spiro atoms. The van der Waals surface area contributed by atoms with Crippen molar-refractivity contribution in [3.63, 3.8) is 0 Å². The molecular formula is C26H32N2O4. The van der Waals surface area contributed by atoms with E-state index in [0.717, 1.165) is 16.7 Å². The molecular weight excluding hydrogens is 404 g/mol. The lowest BCUT2D eigenvalue weighted by Gasteiger charge is -2.28. The van der Waals surface area contributed by atoms with Crippen LogP contribution in [0.15, 0.2) is 30.3 Å². The van der Waals surface area contributed by atoms with Crippen LogP contribution < -0.4 is 0 Å². The Morgan fingerprint density at radius 3 is 2.06 bits per heavy atom. The minimum Gasteiger partial charge on any atom is -0.507 e. The van der Waals surface area contributed by atoms with Crippen LogP contribution in [0.4, 0.5) is 0 Å². The maximum Gasteiger partial charge on any atom is 0.307 e. The lowest BCUT2D eigenvalue weighted by Crippen LogP contribution is -2.30. The molecule has 3 N–H and O–H groups in total. The molecule has 6 heteroatoms. The average Bonchev–Trinajstić information content (AvgIpc) is 2.95. The highest BCUT2D eigenvalue weighted by Gasteiger charge is 2.30. The topological polar surface area (TPSA) is 102 Å². The predicted molar refractivity (Wildman–Crippen MR) is 125 cm³/mol. The van der Waals surface area contributed by atoms with Crippen LogP contribution in [-0.2, 0) is 28.6 Å². The Balaban J connectivity index is 1.90. The first kappa shape index (κ1) is 23.5. The van der Waals surface area contributed by atoms with E-state index in [0.29, 0.717) is 23.2 Å². The molecule has 0 bridgehead atoms. The van der Waals surface area contributed by atoms with Crippen LogP contribution in [0, 0.1) is 5.41 Å². The van der Waals surface area contributed by atoms with Crippen molar-refractivity contribution in [2.24, 2.45) is 0 Å². The number of ketones is 1. The Hall–Kier alpha value is -3.15. The van der Waals surface area contributed by atoms with E-state index in [1.54, 1.807) is 29.2 Å². The van der Waals surface area contributed by atoms with E-state index in [9.17, 15) is 14.7 Å². The van der Waals surface area contributed by atoms with E-state index in [-0.39, 0.29) is 41.2 Å². The van der Waals surface area contributed by atoms with Crippen molar-refractivity contribution in [1.29, 1.82) is 5.41 Å². The number of aromatic hydroxyl groups is 1. The van der Waals surface area contributed by atoms with Crippen LogP contribution in [0.1, 0.15) is 79.7 Å². The number of aliphatic carboxylic acids is 1. The molecule has 1 aliphatic heterocycles. The minimum absolute atomic E-state index is 0.0414. The first-order valence-electron chi connectivity index (χ1n) is 10.8. The number of hydrogen-bond donors (Lipinski definition) is 3. The van der Waals surface area contributed by atoms with Gasteiger partial charge in [0.25, 0.3) is 0 Å². The van der Waals surface area contributed by atoms with Crippen LogP contribution in [-0.4, -0.2) is 39.2 Å². The molecule has 1 aliphatic rings. The lowest BCUT2D eigenvalue weighted by molar-refractivity contribution is -0.136. The van der Waals surface area contributed by atoms with Crippen molar-refractivity contribution >= 4 is 17.6 Å². The van der Waals surface area contributed by atoms with Crippen LogP contribution in [0.5, 0.6) is 5.75 Å². The Bertz CT molecular complexity index is 1070. The summed E-state index contributed by atoms with van der Waals surface area (Å²) in [6.45, 7) is 12.5. The maximum absolute atomic E-state index is 13.3. The number of carboxylic acid groups (broad SMARTS) is 1. The summed E-state index contributed by atoms with van der Waals surface area (Å²) in [5.74, 6) is -0.581. The van der Waals surface area contributed by atoms with Gasteiger partial charge in [0.05, 0.1) is 13.0 Å². The second kappa shape index (κ2) is 8.08. The maximum atomic E-state index is 13.3. The van der Waals surface area contributed by atoms with Crippen molar-refractivity contribution < 1.29 is 19.8 Å². The SMILES string of the molecule is CC(C)(C)c1cc(C(=O)CN2Cc3ccc(CC(=O)O)cc3C2=N)cc(C(C)(C)C)c1O. The number of Topliss-reactive ketones (excluding diaryl/α,β-unsaturated/α-hetero) is 1. The molecule has 6 nitrogen and oxygen atoms in total. The van der Waals surface area contributed by atoms with E-state index in [4.69, 9.17) is 10.5 Å². The van der Waals surface area contributed by atoms with Gasteiger partial charge in [-0.3, -0.25) is 15.0 Å². The molecule has 0 amide bonds. The van der Waals surface area contributed by atoms with Crippen molar-refractivity contribution in [1.82, 2.24) is 4.90 Å². The summed E-state index contributed by atoms with van der Waals surface area (Å²) in [6, 6.07) is 8.86. The molecule has 170 valence electrons. The molecule has 2 aromatic carbocycles. The molecule has 2 aromatic rings. The summed E-state index contributed by atoms with van der Waals surface area (Å²) in [7, 11) is 0. The lowest BCUT2D eigenvalue weighted by atomic mass is 9.78. The molecule has 32 heavy (non-hydrogen) atoms. The number of carboxylic acids is 1. The quantitative estimate of drug-likeness (QED) is 0.593. The first-order valence-corrected chi connectivity index (χ1v) is 10.8. The van der Waals surface area contributed by atoms with Crippen molar-refractivity contribution in [3.8, 4) is 5.75 Å². The van der Waals surface area contributed by atoms with Gasteiger partial charge in [0.2, 0.25) is 0 Å². The third-order valence-corrected chi connectivity index (χ3v) is 5.84. The summed E-state index contributed by atoms with van der Waals surface area (Å²) in [5.41, 5.74) is 3.53. The van der Waals surface area contributed by atoms with E-state index >= 15 is 0 Å². The van der Waals surface area contributed by atoms with Gasteiger partial charge in [-0.2, -0.15) is 0 Å².